The van der Waals surface area contributed by atoms with Gasteiger partial charge in [-0.05, 0) is 12.8 Å². The van der Waals surface area contributed by atoms with Gasteiger partial charge in [0, 0.05) is 19.3 Å². The number of rotatable bonds is 5. The number of alkyl halides is 4. The Morgan fingerprint density at radius 2 is 2.11 bits per heavy atom. The van der Waals surface area contributed by atoms with Gasteiger partial charge in [-0.15, -0.1) is 0 Å². The van der Waals surface area contributed by atoms with Crippen molar-refractivity contribution in [2.45, 2.75) is 34.9 Å². The van der Waals surface area contributed by atoms with Crippen LogP contribution in [-0.2, 0) is 15.7 Å². The van der Waals surface area contributed by atoms with Crippen LogP contribution in [0.25, 0.3) is 0 Å². The largest absolute Gasteiger partial charge is 0.464 e. The summed E-state index contributed by atoms with van der Waals surface area (Å²) in [5.74, 6) is -0.583. The molecule has 28 heavy (non-hydrogen) atoms. The average Bonchev–Trinajstić information content (AvgIpc) is 3.32. The molecule has 2 aromatic heterocycles. The molecule has 4 rings (SSSR count). The third-order valence-electron chi connectivity index (χ3n) is 4.54. The van der Waals surface area contributed by atoms with Crippen molar-refractivity contribution in [3.05, 3.63) is 23.5 Å². The van der Waals surface area contributed by atoms with Crippen LogP contribution in [0, 0.1) is 0 Å². The Labute approximate surface area is 171 Å². The molecular weight excluding hydrogens is 492 g/mol. The Balaban J connectivity index is 1.65. The van der Waals surface area contributed by atoms with Gasteiger partial charge in [-0.25, -0.2) is 9.67 Å². The standard InChI is InChI=1S/C16H16F3IN6O2/c1-21-13-8(16(17,18)19)5-22-15(24-13)23-11-4-10(25-26(11)7-2-3-7)12-9(20)6-28-14(12)27/h4-5,7,9,12H,2-3,6H2,1H3,(H2,21,22,23,24)/t9-,12?/m0/s1. The topological polar surface area (TPSA) is 94.0 Å². The SMILES string of the molecule is CNc1nc(Nc2cc(C3C(=O)OC[C@@H]3I)nn2C2CC2)ncc1C(F)(F)F. The third-order valence-corrected chi connectivity index (χ3v) is 5.62. The summed E-state index contributed by atoms with van der Waals surface area (Å²) in [4.78, 5) is 19.7. The van der Waals surface area contributed by atoms with E-state index in [1.165, 1.54) is 7.05 Å². The summed E-state index contributed by atoms with van der Waals surface area (Å²) >= 11 is 2.16. The molecule has 0 radical (unpaired) electrons. The maximum Gasteiger partial charge on any atom is 0.421 e. The van der Waals surface area contributed by atoms with E-state index in [2.05, 4.69) is 48.3 Å². The van der Waals surface area contributed by atoms with Gasteiger partial charge in [-0.3, -0.25) is 4.79 Å². The number of hydrogen-bond acceptors (Lipinski definition) is 7. The molecule has 1 aliphatic carbocycles. The Morgan fingerprint density at radius 1 is 1.36 bits per heavy atom. The second kappa shape index (κ2) is 7.04. The fourth-order valence-electron chi connectivity index (χ4n) is 3.01. The molecular formula is C16H16F3IN6O2. The van der Waals surface area contributed by atoms with E-state index in [4.69, 9.17) is 4.74 Å². The van der Waals surface area contributed by atoms with Crippen LogP contribution < -0.4 is 10.6 Å². The molecule has 0 aromatic carbocycles. The Kier molecular flexibility index (Phi) is 4.83. The highest BCUT2D eigenvalue weighted by molar-refractivity contribution is 14.1. The molecule has 3 heterocycles. The van der Waals surface area contributed by atoms with Gasteiger partial charge in [0.15, 0.2) is 0 Å². The predicted octanol–water partition coefficient (Wildman–Crippen LogP) is 3.26. The van der Waals surface area contributed by atoms with Gasteiger partial charge >= 0.3 is 12.1 Å². The maximum absolute atomic E-state index is 13.0. The Morgan fingerprint density at radius 3 is 2.68 bits per heavy atom. The number of hydrogen-bond donors (Lipinski definition) is 2. The molecule has 2 aromatic rings. The van der Waals surface area contributed by atoms with E-state index in [1.807, 2.05) is 0 Å². The number of halogens is 4. The lowest BCUT2D eigenvalue weighted by molar-refractivity contribution is -0.139. The minimum atomic E-state index is -4.56. The van der Waals surface area contributed by atoms with Crippen LogP contribution in [0.3, 0.4) is 0 Å². The lowest BCUT2D eigenvalue weighted by atomic mass is 10.0. The second-order valence-corrected chi connectivity index (χ2v) is 8.18. The summed E-state index contributed by atoms with van der Waals surface area (Å²) in [5, 5.41) is 9.93. The molecule has 0 amide bonds. The number of carbonyl (C=O) groups excluding carboxylic acids is 1. The lowest BCUT2D eigenvalue weighted by Crippen LogP contribution is -2.14. The maximum atomic E-state index is 13.0. The molecule has 2 N–H and O–H groups in total. The van der Waals surface area contributed by atoms with Crippen LogP contribution in [0.1, 0.15) is 36.1 Å². The summed E-state index contributed by atoms with van der Waals surface area (Å²) in [6.45, 7) is 0.330. The zero-order valence-electron chi connectivity index (χ0n) is 14.6. The fourth-order valence-corrected chi connectivity index (χ4v) is 3.85. The minimum absolute atomic E-state index is 0.00530. The molecule has 2 aliphatic rings. The smallest absolute Gasteiger partial charge is 0.421 e. The second-order valence-electron chi connectivity index (χ2n) is 6.58. The number of carbonyl (C=O) groups is 1. The van der Waals surface area contributed by atoms with E-state index in [0.29, 0.717) is 18.1 Å². The summed E-state index contributed by atoms with van der Waals surface area (Å²) in [7, 11) is 1.36. The van der Waals surface area contributed by atoms with Gasteiger partial charge in [0.1, 0.15) is 29.7 Å². The number of esters is 1. The summed E-state index contributed by atoms with van der Waals surface area (Å²) in [6.07, 6.45) is -1.95. The highest BCUT2D eigenvalue weighted by Gasteiger charge is 2.40. The molecule has 150 valence electrons. The summed E-state index contributed by atoms with van der Waals surface area (Å²) in [5.41, 5.74) is -0.379. The van der Waals surface area contributed by atoms with E-state index in [9.17, 15) is 18.0 Å². The molecule has 0 spiro atoms. The number of cyclic esters (lactones) is 1. The van der Waals surface area contributed by atoms with Gasteiger partial charge < -0.3 is 15.4 Å². The number of aromatic nitrogens is 4. The minimum Gasteiger partial charge on any atom is -0.464 e. The van der Waals surface area contributed by atoms with Gasteiger partial charge in [0.05, 0.1) is 15.7 Å². The first-order chi connectivity index (χ1) is 13.3. The van der Waals surface area contributed by atoms with Crippen molar-refractivity contribution in [1.82, 2.24) is 19.7 Å². The van der Waals surface area contributed by atoms with Crippen molar-refractivity contribution in [3.63, 3.8) is 0 Å². The van der Waals surface area contributed by atoms with Crippen molar-refractivity contribution < 1.29 is 22.7 Å². The molecule has 2 fully saturated rings. The highest BCUT2D eigenvalue weighted by Crippen LogP contribution is 2.40. The molecule has 1 unspecified atom stereocenters. The summed E-state index contributed by atoms with van der Waals surface area (Å²) < 4.78 is 45.9. The van der Waals surface area contributed by atoms with Crippen LogP contribution >= 0.6 is 22.6 Å². The van der Waals surface area contributed by atoms with Crippen LogP contribution in [-0.4, -0.2) is 43.3 Å². The van der Waals surface area contributed by atoms with E-state index in [1.54, 1.807) is 10.7 Å². The number of anilines is 3. The molecule has 0 bridgehead atoms. The molecule has 1 saturated carbocycles. The number of nitrogens with one attached hydrogen (secondary N) is 2. The Bertz CT molecular complexity index is 914. The highest BCUT2D eigenvalue weighted by atomic mass is 127. The Hall–Kier alpha value is -2.12. The molecule has 8 nitrogen and oxygen atoms in total. The van der Waals surface area contributed by atoms with Gasteiger partial charge in [0.2, 0.25) is 5.95 Å². The molecule has 12 heteroatoms. The van der Waals surface area contributed by atoms with Gasteiger partial charge in [-0.1, -0.05) is 22.6 Å². The fraction of sp³-hybridized carbons (Fsp3) is 0.500. The lowest BCUT2D eigenvalue weighted by Gasteiger charge is -2.13. The van der Waals surface area contributed by atoms with E-state index < -0.39 is 17.7 Å². The van der Waals surface area contributed by atoms with Gasteiger partial charge in [0.25, 0.3) is 0 Å². The van der Waals surface area contributed by atoms with Crippen molar-refractivity contribution in [2.75, 3.05) is 24.3 Å². The molecule has 1 aliphatic heterocycles. The number of ether oxygens (including phenoxy) is 1. The zero-order valence-corrected chi connectivity index (χ0v) is 16.8. The number of nitrogens with zero attached hydrogens (tertiary/aromatic N) is 4. The first-order valence-electron chi connectivity index (χ1n) is 8.57. The monoisotopic (exact) mass is 508 g/mol. The first-order valence-corrected chi connectivity index (χ1v) is 9.81. The van der Waals surface area contributed by atoms with Gasteiger partial charge in [-0.2, -0.15) is 23.3 Å². The van der Waals surface area contributed by atoms with Crippen LogP contribution in [0.15, 0.2) is 12.3 Å². The normalized spacial score (nSPS) is 22.2. The first kappa shape index (κ1) is 19.2. The van der Waals surface area contributed by atoms with Crippen molar-refractivity contribution in [2.24, 2.45) is 0 Å². The van der Waals surface area contributed by atoms with Crippen LogP contribution in [0.2, 0.25) is 0 Å². The molecule has 2 atom stereocenters. The summed E-state index contributed by atoms with van der Waals surface area (Å²) in [6, 6.07) is 1.89. The average molecular weight is 508 g/mol. The predicted molar refractivity (Wildman–Crippen MR) is 102 cm³/mol. The van der Waals surface area contributed by atoms with Crippen LogP contribution in [0.5, 0.6) is 0 Å². The van der Waals surface area contributed by atoms with Crippen LogP contribution in [0.4, 0.5) is 30.8 Å². The van der Waals surface area contributed by atoms with Crippen molar-refractivity contribution >= 4 is 46.1 Å². The van der Waals surface area contributed by atoms with Crippen molar-refractivity contribution in [3.8, 4) is 0 Å². The molecule has 1 saturated heterocycles. The van der Waals surface area contributed by atoms with E-state index >= 15 is 0 Å². The quantitative estimate of drug-likeness (QED) is 0.364. The van der Waals surface area contributed by atoms with E-state index in [0.717, 1.165) is 19.0 Å². The van der Waals surface area contributed by atoms with Crippen molar-refractivity contribution in [1.29, 1.82) is 0 Å². The zero-order chi connectivity index (χ0) is 20.1. The third kappa shape index (κ3) is 3.61. The van der Waals surface area contributed by atoms with E-state index in [-0.39, 0.29) is 27.7 Å².